The minimum Gasteiger partial charge on any atom is -0.480 e. The summed E-state index contributed by atoms with van der Waals surface area (Å²) in [6.07, 6.45) is 32.5. The molecule has 0 aromatic rings. The van der Waals surface area contributed by atoms with Crippen LogP contribution in [0.4, 0.5) is 0 Å². The van der Waals surface area contributed by atoms with Gasteiger partial charge < -0.3 is 40.5 Å². The number of nitrogens with two attached hydrogens (primary N) is 1. The second-order valence-corrected chi connectivity index (χ2v) is 16.2. The van der Waals surface area contributed by atoms with Gasteiger partial charge in [0.2, 0.25) is 0 Å². The molecule has 1 fully saturated rings. The fraction of sp³-hybridized carbons (Fsp3) is 0.659. The van der Waals surface area contributed by atoms with Gasteiger partial charge in [0, 0.05) is 18.8 Å². The van der Waals surface area contributed by atoms with Crippen LogP contribution in [0, 0.1) is 11.8 Å². The number of carboxylic acids is 1. The Morgan fingerprint density at radius 2 is 1.42 bits per heavy atom. The normalized spacial score (nSPS) is 21.3. The number of unbranched alkanes of at least 4 members (excludes halogenated alkanes) is 6. The van der Waals surface area contributed by atoms with Crippen molar-refractivity contribution in [3.63, 3.8) is 0 Å². The summed E-state index contributed by atoms with van der Waals surface area (Å²) >= 11 is 0. The molecule has 1 saturated carbocycles. The molecule has 1 aliphatic rings. The second-order valence-electron chi connectivity index (χ2n) is 14.7. The maximum atomic E-state index is 12.7. The van der Waals surface area contributed by atoms with Gasteiger partial charge in [-0.05, 0) is 63.7 Å². The molecule has 0 heterocycles. The minimum atomic E-state index is -4.81. The lowest BCUT2D eigenvalue weighted by molar-refractivity contribution is -0.160. The molecule has 0 aliphatic heterocycles. The van der Waals surface area contributed by atoms with Crippen LogP contribution >= 0.6 is 7.82 Å². The summed E-state index contributed by atoms with van der Waals surface area (Å²) in [5.41, 5.74) is 5.32. The molecular formula is C44H72NO13P. The van der Waals surface area contributed by atoms with Crippen molar-refractivity contribution in [3.05, 3.63) is 72.9 Å². The van der Waals surface area contributed by atoms with Crippen LogP contribution in [0.3, 0.4) is 0 Å². The molecule has 1 aliphatic carbocycles. The number of aliphatic hydroxyl groups is 3. The molecule has 1 unspecified atom stereocenters. The Hall–Kier alpha value is -3.20. The van der Waals surface area contributed by atoms with Crippen molar-refractivity contribution in [1.29, 1.82) is 0 Å². The van der Waals surface area contributed by atoms with Gasteiger partial charge in [-0.15, -0.1) is 0 Å². The number of aliphatic hydroxyl groups excluding tert-OH is 3. The van der Waals surface area contributed by atoms with Gasteiger partial charge in [0.1, 0.15) is 12.6 Å². The van der Waals surface area contributed by atoms with E-state index in [1.165, 1.54) is 0 Å². The third-order valence-corrected chi connectivity index (χ3v) is 10.5. The SMILES string of the molecule is CC/C=C\C/C=C\C/C=C\C/C=C\CCCCCCC(=O)O[C@H](COC(=O)C/C=C\C[C@H]1[C@@H](/C=C/[C@H](O)CCCCC)[C@H](O)C[C@@H]1O)COP(=O)(O)OC[C@H](N)C(=O)O. The first-order valence-corrected chi connectivity index (χ1v) is 22.7. The highest BCUT2D eigenvalue weighted by Gasteiger charge is 2.39. The van der Waals surface area contributed by atoms with Crippen molar-refractivity contribution >= 4 is 25.7 Å². The van der Waals surface area contributed by atoms with Crippen LogP contribution in [0.2, 0.25) is 0 Å². The number of hydrogen-bond donors (Lipinski definition) is 6. The fourth-order valence-electron chi connectivity index (χ4n) is 6.14. The highest BCUT2D eigenvalue weighted by molar-refractivity contribution is 7.47. The molecule has 1 rings (SSSR count). The van der Waals surface area contributed by atoms with Crippen molar-refractivity contribution in [1.82, 2.24) is 0 Å². The Morgan fingerprint density at radius 3 is 2.08 bits per heavy atom. The molecule has 0 aromatic carbocycles. The Labute approximate surface area is 351 Å². The van der Waals surface area contributed by atoms with Crippen molar-refractivity contribution < 1.29 is 62.8 Å². The zero-order valence-corrected chi connectivity index (χ0v) is 36.0. The zero-order chi connectivity index (χ0) is 43.7. The summed E-state index contributed by atoms with van der Waals surface area (Å²) < 4.78 is 32.6. The number of allylic oxidation sites excluding steroid dienone is 9. The second kappa shape index (κ2) is 33.5. The van der Waals surface area contributed by atoms with E-state index in [1.807, 2.05) is 0 Å². The van der Waals surface area contributed by atoms with Crippen molar-refractivity contribution in [2.24, 2.45) is 17.6 Å². The van der Waals surface area contributed by atoms with E-state index in [-0.39, 0.29) is 31.1 Å². The van der Waals surface area contributed by atoms with E-state index in [1.54, 1.807) is 24.3 Å². The van der Waals surface area contributed by atoms with Crippen LogP contribution in [0.1, 0.15) is 123 Å². The number of phosphoric acid groups is 1. The molecule has 0 radical (unpaired) electrons. The Balaban J connectivity index is 2.58. The Morgan fingerprint density at radius 1 is 0.780 bits per heavy atom. The number of esters is 2. The summed E-state index contributed by atoms with van der Waals surface area (Å²) in [6, 6.07) is -1.58. The van der Waals surface area contributed by atoms with E-state index >= 15 is 0 Å². The predicted molar refractivity (Wildman–Crippen MR) is 228 cm³/mol. The first-order valence-electron chi connectivity index (χ1n) is 21.2. The number of hydrogen-bond acceptors (Lipinski definition) is 12. The van der Waals surface area contributed by atoms with Gasteiger partial charge in [-0.3, -0.25) is 23.4 Å². The van der Waals surface area contributed by atoms with Gasteiger partial charge >= 0.3 is 25.7 Å². The van der Waals surface area contributed by atoms with E-state index in [9.17, 15) is 39.2 Å². The highest BCUT2D eigenvalue weighted by atomic mass is 31.2. The average Bonchev–Trinajstić information content (AvgIpc) is 3.47. The number of carboxylic acid groups (broad SMARTS) is 1. The topological polar surface area (TPSA) is 232 Å². The van der Waals surface area contributed by atoms with E-state index in [4.69, 9.17) is 24.8 Å². The Bertz CT molecular complexity index is 1390. The van der Waals surface area contributed by atoms with Crippen molar-refractivity contribution in [3.8, 4) is 0 Å². The predicted octanol–water partition coefficient (Wildman–Crippen LogP) is 7.32. The average molecular weight is 854 g/mol. The molecule has 0 aromatic heterocycles. The largest absolute Gasteiger partial charge is 0.480 e. The van der Waals surface area contributed by atoms with Crippen LogP contribution in [0.5, 0.6) is 0 Å². The molecule has 8 atom stereocenters. The lowest BCUT2D eigenvalue weighted by Crippen LogP contribution is -2.34. The highest BCUT2D eigenvalue weighted by Crippen LogP contribution is 2.43. The van der Waals surface area contributed by atoms with Crippen LogP contribution in [0.15, 0.2) is 72.9 Å². The van der Waals surface area contributed by atoms with Crippen LogP contribution in [-0.2, 0) is 37.5 Å². The summed E-state index contributed by atoms with van der Waals surface area (Å²) in [7, 11) is -4.81. The van der Waals surface area contributed by atoms with Gasteiger partial charge in [0.15, 0.2) is 6.10 Å². The minimum absolute atomic E-state index is 0.0631. The maximum Gasteiger partial charge on any atom is 0.472 e. The van der Waals surface area contributed by atoms with E-state index in [0.717, 1.165) is 70.6 Å². The molecule has 0 spiro atoms. The lowest BCUT2D eigenvalue weighted by atomic mass is 9.89. The van der Waals surface area contributed by atoms with Gasteiger partial charge in [-0.2, -0.15) is 0 Å². The van der Waals surface area contributed by atoms with Crippen LogP contribution < -0.4 is 5.73 Å². The molecule has 0 bridgehead atoms. The van der Waals surface area contributed by atoms with E-state index < -0.39 is 76.0 Å². The first kappa shape index (κ1) is 53.8. The standard InChI is InChI=1S/C44H72NO13P/c1-3-5-7-8-9-10-11-12-13-14-15-16-17-18-19-20-22-28-43(50)58-36(33-56-59(53,54)57-34-39(45)44(51)52)32-55-42(49)27-24-23-26-37-38(41(48)31-40(37)47)30-29-35(46)25-21-6-4-2/h5,7,9-10,12-13,15-16,23-24,29-30,35-41,46-48H,3-4,6,8,11,14,17-22,25-28,31-34,45H2,1-2H3,(H,51,52)(H,53,54)/b7-5-,10-9-,13-12-,16-15-,24-23-,30-29+/t35-,36-,37+,38-,39+,40+,41-/m1/s1. The zero-order valence-electron chi connectivity index (χ0n) is 35.1. The number of ether oxygens (including phenoxy) is 2. The number of phosphoric ester groups is 1. The fourth-order valence-corrected chi connectivity index (χ4v) is 6.92. The van der Waals surface area contributed by atoms with E-state index in [0.29, 0.717) is 19.3 Å². The van der Waals surface area contributed by atoms with Crippen LogP contribution in [-0.4, -0.2) is 93.5 Å². The smallest absolute Gasteiger partial charge is 0.472 e. The quantitative estimate of drug-likeness (QED) is 0.0161. The third-order valence-electron chi connectivity index (χ3n) is 9.54. The summed E-state index contributed by atoms with van der Waals surface area (Å²) in [5, 5.41) is 40.2. The molecule has 0 saturated heterocycles. The molecule has 7 N–H and O–H groups in total. The number of rotatable bonds is 34. The molecule has 336 valence electrons. The number of aliphatic carboxylic acids is 1. The summed E-state index contributed by atoms with van der Waals surface area (Å²) in [5.74, 6) is -3.44. The summed E-state index contributed by atoms with van der Waals surface area (Å²) in [6.45, 7) is 2.20. The third kappa shape index (κ3) is 28.1. The van der Waals surface area contributed by atoms with Gasteiger partial charge in [0.05, 0.1) is 37.9 Å². The van der Waals surface area contributed by atoms with Crippen molar-refractivity contribution in [2.45, 2.75) is 153 Å². The van der Waals surface area contributed by atoms with Crippen LogP contribution in [0.25, 0.3) is 0 Å². The number of carbonyl (C=O) groups excluding carboxylic acids is 2. The van der Waals surface area contributed by atoms with Crippen molar-refractivity contribution in [2.75, 3.05) is 19.8 Å². The van der Waals surface area contributed by atoms with Gasteiger partial charge in [-0.1, -0.05) is 119 Å². The first-order chi connectivity index (χ1) is 28.3. The molecule has 15 heteroatoms. The maximum absolute atomic E-state index is 12.7. The van der Waals surface area contributed by atoms with E-state index in [2.05, 4.69) is 67.0 Å². The molecule has 59 heavy (non-hydrogen) atoms. The van der Waals surface area contributed by atoms with Gasteiger partial charge in [0.25, 0.3) is 0 Å². The lowest BCUT2D eigenvalue weighted by Gasteiger charge is -2.20. The molecular weight excluding hydrogens is 781 g/mol. The van der Waals surface area contributed by atoms with Gasteiger partial charge in [-0.25, -0.2) is 4.57 Å². The monoisotopic (exact) mass is 853 g/mol. The summed E-state index contributed by atoms with van der Waals surface area (Å²) in [4.78, 5) is 46.2. The molecule has 0 amide bonds. The Kier molecular flexibility index (Phi) is 30.6. The number of carbonyl (C=O) groups is 3. The molecule has 14 nitrogen and oxygen atoms in total.